The van der Waals surface area contributed by atoms with Gasteiger partial charge in [0.1, 0.15) is 11.6 Å². The molecule has 0 spiro atoms. The van der Waals surface area contributed by atoms with Crippen LogP contribution < -0.4 is 10.2 Å². The van der Waals surface area contributed by atoms with Crippen LogP contribution in [0.2, 0.25) is 0 Å². The SMILES string of the molecule is CNCc1cc(F)cnc1N(C)Cc1ccc(Br)cc1. The number of anilines is 1. The number of pyridine rings is 1. The van der Waals surface area contributed by atoms with E-state index in [-0.39, 0.29) is 5.82 Å². The van der Waals surface area contributed by atoms with Gasteiger partial charge in [-0.15, -0.1) is 0 Å². The predicted molar refractivity (Wildman–Crippen MR) is 83.2 cm³/mol. The molecule has 0 atom stereocenters. The van der Waals surface area contributed by atoms with Crippen molar-refractivity contribution in [1.29, 1.82) is 0 Å². The second-order valence-electron chi connectivity index (χ2n) is 4.65. The van der Waals surface area contributed by atoms with Crippen molar-refractivity contribution >= 4 is 21.7 Å². The van der Waals surface area contributed by atoms with Crippen molar-refractivity contribution < 1.29 is 4.39 Å². The standard InChI is InChI=1S/C15H17BrFN3/c1-18-8-12-7-14(17)9-19-15(12)20(2)10-11-3-5-13(16)6-4-11/h3-7,9,18H,8,10H2,1-2H3. The van der Waals surface area contributed by atoms with Crippen molar-refractivity contribution in [3.8, 4) is 0 Å². The van der Waals surface area contributed by atoms with Gasteiger partial charge in [0.2, 0.25) is 0 Å². The summed E-state index contributed by atoms with van der Waals surface area (Å²) in [6.07, 6.45) is 1.26. The Bertz CT molecular complexity index is 572. The van der Waals surface area contributed by atoms with Crippen LogP contribution >= 0.6 is 15.9 Å². The van der Waals surface area contributed by atoms with Crippen LogP contribution in [-0.2, 0) is 13.1 Å². The van der Waals surface area contributed by atoms with E-state index >= 15 is 0 Å². The van der Waals surface area contributed by atoms with Crippen molar-refractivity contribution in [1.82, 2.24) is 10.3 Å². The first-order chi connectivity index (χ1) is 9.60. The van der Waals surface area contributed by atoms with E-state index in [1.807, 2.05) is 31.1 Å². The zero-order valence-corrected chi connectivity index (χ0v) is 13.1. The fourth-order valence-corrected chi connectivity index (χ4v) is 2.34. The van der Waals surface area contributed by atoms with Gasteiger partial charge in [0.05, 0.1) is 6.20 Å². The number of nitrogens with zero attached hydrogens (tertiary/aromatic N) is 2. The Morgan fingerprint density at radius 2 is 2.00 bits per heavy atom. The van der Waals surface area contributed by atoms with Crippen LogP contribution in [0.15, 0.2) is 41.0 Å². The number of halogens is 2. The molecule has 106 valence electrons. The minimum Gasteiger partial charge on any atom is -0.355 e. The second kappa shape index (κ2) is 6.81. The van der Waals surface area contributed by atoms with Gasteiger partial charge in [-0.05, 0) is 30.8 Å². The number of hydrogen-bond acceptors (Lipinski definition) is 3. The molecule has 1 N–H and O–H groups in total. The lowest BCUT2D eigenvalue weighted by molar-refractivity contribution is 0.615. The third kappa shape index (κ3) is 3.77. The molecule has 2 aromatic rings. The number of nitrogens with one attached hydrogen (secondary N) is 1. The monoisotopic (exact) mass is 337 g/mol. The molecular formula is C15H17BrFN3. The molecule has 1 heterocycles. The van der Waals surface area contributed by atoms with Crippen LogP contribution in [-0.4, -0.2) is 19.1 Å². The summed E-state index contributed by atoms with van der Waals surface area (Å²) < 4.78 is 14.3. The van der Waals surface area contributed by atoms with Crippen LogP contribution in [0.25, 0.3) is 0 Å². The molecule has 0 aliphatic carbocycles. The molecule has 0 fully saturated rings. The Balaban J connectivity index is 2.19. The third-order valence-electron chi connectivity index (χ3n) is 2.97. The summed E-state index contributed by atoms with van der Waals surface area (Å²) in [4.78, 5) is 6.24. The van der Waals surface area contributed by atoms with Gasteiger partial charge in [0, 0.05) is 30.2 Å². The maximum absolute atomic E-state index is 13.3. The molecule has 0 aliphatic rings. The van der Waals surface area contributed by atoms with Gasteiger partial charge in [0.15, 0.2) is 0 Å². The minimum absolute atomic E-state index is 0.309. The number of aromatic nitrogens is 1. The number of hydrogen-bond donors (Lipinski definition) is 1. The number of benzene rings is 1. The molecule has 0 amide bonds. The van der Waals surface area contributed by atoms with Crippen molar-refractivity contribution in [2.75, 3.05) is 19.0 Å². The molecule has 0 aliphatic heterocycles. The van der Waals surface area contributed by atoms with Gasteiger partial charge >= 0.3 is 0 Å². The van der Waals surface area contributed by atoms with Gasteiger partial charge < -0.3 is 10.2 Å². The lowest BCUT2D eigenvalue weighted by Gasteiger charge is -2.21. The highest BCUT2D eigenvalue weighted by Gasteiger charge is 2.10. The highest BCUT2D eigenvalue weighted by molar-refractivity contribution is 9.10. The molecule has 0 bridgehead atoms. The van der Waals surface area contributed by atoms with Crippen LogP contribution in [0.1, 0.15) is 11.1 Å². The first-order valence-corrected chi connectivity index (χ1v) is 7.14. The fraction of sp³-hybridized carbons (Fsp3) is 0.267. The summed E-state index contributed by atoms with van der Waals surface area (Å²) in [5.41, 5.74) is 2.03. The Kier molecular flexibility index (Phi) is 5.09. The zero-order valence-electron chi connectivity index (χ0n) is 11.5. The van der Waals surface area contributed by atoms with E-state index < -0.39 is 0 Å². The van der Waals surface area contributed by atoms with E-state index in [1.54, 1.807) is 0 Å². The average Bonchev–Trinajstić information content (AvgIpc) is 2.42. The maximum atomic E-state index is 13.3. The van der Waals surface area contributed by atoms with E-state index in [2.05, 4.69) is 38.4 Å². The summed E-state index contributed by atoms with van der Waals surface area (Å²) in [6, 6.07) is 9.66. The molecule has 0 saturated carbocycles. The van der Waals surface area contributed by atoms with Gasteiger partial charge in [0.25, 0.3) is 0 Å². The van der Waals surface area contributed by atoms with Gasteiger partial charge in [-0.25, -0.2) is 9.37 Å². The molecule has 3 nitrogen and oxygen atoms in total. The highest BCUT2D eigenvalue weighted by atomic mass is 79.9. The Labute approximate surface area is 127 Å². The minimum atomic E-state index is -0.309. The summed E-state index contributed by atoms with van der Waals surface area (Å²) in [6.45, 7) is 1.31. The molecule has 1 aromatic heterocycles. The van der Waals surface area contributed by atoms with Crippen LogP contribution in [0.5, 0.6) is 0 Å². The molecule has 5 heteroatoms. The molecule has 20 heavy (non-hydrogen) atoms. The van der Waals surface area contributed by atoms with Gasteiger partial charge in [-0.2, -0.15) is 0 Å². The summed E-state index contributed by atoms with van der Waals surface area (Å²) in [5.74, 6) is 0.486. The smallest absolute Gasteiger partial charge is 0.141 e. The largest absolute Gasteiger partial charge is 0.355 e. The van der Waals surface area contributed by atoms with E-state index in [9.17, 15) is 4.39 Å². The van der Waals surface area contributed by atoms with E-state index in [1.165, 1.54) is 17.8 Å². The molecular weight excluding hydrogens is 321 g/mol. The maximum Gasteiger partial charge on any atom is 0.141 e. The van der Waals surface area contributed by atoms with Gasteiger partial charge in [-0.1, -0.05) is 28.1 Å². The van der Waals surface area contributed by atoms with Crippen molar-refractivity contribution in [3.05, 3.63) is 57.9 Å². The fourth-order valence-electron chi connectivity index (χ4n) is 2.08. The lowest BCUT2D eigenvalue weighted by atomic mass is 10.2. The topological polar surface area (TPSA) is 28.2 Å². The predicted octanol–water partition coefficient (Wildman–Crippen LogP) is 3.34. The lowest BCUT2D eigenvalue weighted by Crippen LogP contribution is -2.21. The summed E-state index contributed by atoms with van der Waals surface area (Å²) >= 11 is 3.42. The van der Waals surface area contributed by atoms with Crippen molar-refractivity contribution in [2.24, 2.45) is 0 Å². The first kappa shape index (κ1) is 14.9. The second-order valence-corrected chi connectivity index (χ2v) is 5.56. The van der Waals surface area contributed by atoms with Crippen molar-refractivity contribution in [3.63, 3.8) is 0 Å². The molecule has 0 radical (unpaired) electrons. The molecule has 2 rings (SSSR count). The Hall–Kier alpha value is -1.46. The van der Waals surface area contributed by atoms with Crippen LogP contribution in [0, 0.1) is 5.82 Å². The summed E-state index contributed by atoms with van der Waals surface area (Å²) in [5, 5.41) is 3.04. The third-order valence-corrected chi connectivity index (χ3v) is 3.50. The number of rotatable bonds is 5. The van der Waals surface area contributed by atoms with Crippen molar-refractivity contribution in [2.45, 2.75) is 13.1 Å². The Morgan fingerprint density at radius 3 is 2.65 bits per heavy atom. The first-order valence-electron chi connectivity index (χ1n) is 6.34. The van der Waals surface area contributed by atoms with E-state index in [0.29, 0.717) is 6.54 Å². The Morgan fingerprint density at radius 1 is 1.30 bits per heavy atom. The van der Waals surface area contributed by atoms with Crippen LogP contribution in [0.3, 0.4) is 0 Å². The molecule has 0 saturated heterocycles. The normalized spacial score (nSPS) is 10.6. The average molecular weight is 338 g/mol. The van der Waals surface area contributed by atoms with Gasteiger partial charge in [-0.3, -0.25) is 0 Å². The van der Waals surface area contributed by atoms with E-state index in [4.69, 9.17) is 0 Å². The highest BCUT2D eigenvalue weighted by Crippen LogP contribution is 2.20. The van der Waals surface area contributed by atoms with Crippen LogP contribution in [0.4, 0.5) is 10.2 Å². The van der Waals surface area contributed by atoms with E-state index in [0.717, 1.165) is 22.4 Å². The zero-order chi connectivity index (χ0) is 14.5. The quantitative estimate of drug-likeness (QED) is 0.906. The molecule has 0 unspecified atom stereocenters. The molecule has 1 aromatic carbocycles. The summed E-state index contributed by atoms with van der Waals surface area (Å²) in [7, 11) is 3.80.